The number of hydrogen-bond donors (Lipinski definition) is 1. The maximum absolute atomic E-state index is 10.9. The fourth-order valence-electron chi connectivity index (χ4n) is 3.95. The average Bonchev–Trinajstić information content (AvgIpc) is 3.49. The van der Waals surface area contributed by atoms with E-state index < -0.39 is 5.97 Å². The van der Waals surface area contributed by atoms with E-state index in [4.69, 9.17) is 26.5 Å². The topological polar surface area (TPSA) is 64.3 Å². The summed E-state index contributed by atoms with van der Waals surface area (Å²) in [4.78, 5) is 12.1. The van der Waals surface area contributed by atoms with Gasteiger partial charge in [-0.1, -0.05) is 48.0 Å². The minimum absolute atomic E-state index is 0.389. The lowest BCUT2D eigenvalue weighted by Gasteiger charge is -2.10. The summed E-state index contributed by atoms with van der Waals surface area (Å²) in [6.45, 7) is 1.71. The van der Waals surface area contributed by atoms with Crippen molar-refractivity contribution in [1.29, 1.82) is 0 Å². The maximum atomic E-state index is 10.9. The molecular formula is C28H21ClN2O3S. The Hall–Kier alpha value is -3.87. The van der Waals surface area contributed by atoms with E-state index in [1.807, 2.05) is 71.4 Å². The first-order valence-corrected chi connectivity index (χ1v) is 12.2. The molecule has 0 atom stereocenters. The minimum atomic E-state index is -1.01. The van der Waals surface area contributed by atoms with Crippen molar-refractivity contribution < 1.29 is 14.6 Å². The Morgan fingerprint density at radius 3 is 2.49 bits per heavy atom. The Morgan fingerprint density at radius 2 is 1.77 bits per heavy atom. The van der Waals surface area contributed by atoms with Crippen LogP contribution in [-0.2, 0) is 4.79 Å². The molecule has 0 bridgehead atoms. The van der Waals surface area contributed by atoms with Crippen LogP contribution in [0.2, 0.25) is 5.02 Å². The molecule has 2 heterocycles. The van der Waals surface area contributed by atoms with Crippen molar-refractivity contribution >= 4 is 28.9 Å². The van der Waals surface area contributed by atoms with Crippen molar-refractivity contribution in [1.82, 2.24) is 9.78 Å². The number of nitrogens with zero attached hydrogens (tertiary/aromatic N) is 2. The quantitative estimate of drug-likeness (QED) is 0.253. The number of benzene rings is 3. The number of hydrogen-bond acceptors (Lipinski definition) is 4. The second-order valence-corrected chi connectivity index (χ2v) is 9.34. The Balaban J connectivity index is 1.63. The number of aromatic nitrogens is 2. The Kier molecular flexibility index (Phi) is 6.40. The van der Waals surface area contributed by atoms with Gasteiger partial charge in [-0.2, -0.15) is 5.10 Å². The number of carboxylic acid groups (broad SMARTS) is 1. The van der Waals surface area contributed by atoms with Crippen LogP contribution < -0.4 is 4.74 Å². The van der Waals surface area contributed by atoms with E-state index >= 15 is 0 Å². The first kappa shape index (κ1) is 22.9. The first-order valence-electron chi connectivity index (χ1n) is 10.9. The third kappa shape index (κ3) is 4.85. The van der Waals surface area contributed by atoms with E-state index in [1.54, 1.807) is 17.4 Å². The van der Waals surface area contributed by atoms with Gasteiger partial charge in [0.15, 0.2) is 6.61 Å². The summed E-state index contributed by atoms with van der Waals surface area (Å²) in [6.07, 6.45) is 0. The van der Waals surface area contributed by atoms with E-state index in [1.165, 1.54) is 5.56 Å². The number of carbonyl (C=O) groups is 1. The number of aryl methyl sites for hydroxylation is 1. The number of ether oxygens (including phenoxy) is 1. The van der Waals surface area contributed by atoms with Gasteiger partial charge in [-0.05, 0) is 77.5 Å². The van der Waals surface area contributed by atoms with Crippen LogP contribution in [0.4, 0.5) is 0 Å². The summed E-state index contributed by atoms with van der Waals surface area (Å²) in [5, 5.41) is 16.7. The summed E-state index contributed by atoms with van der Waals surface area (Å²) in [5.74, 6) is -0.513. The highest BCUT2D eigenvalue weighted by atomic mass is 35.5. The zero-order valence-electron chi connectivity index (χ0n) is 18.8. The summed E-state index contributed by atoms with van der Waals surface area (Å²) in [5.41, 5.74) is 6.80. The van der Waals surface area contributed by atoms with Crippen LogP contribution in [-0.4, -0.2) is 27.5 Å². The van der Waals surface area contributed by atoms with Gasteiger partial charge in [-0.25, -0.2) is 9.48 Å². The van der Waals surface area contributed by atoms with Crippen LogP contribution in [0.25, 0.3) is 38.6 Å². The Bertz CT molecular complexity index is 1500. The van der Waals surface area contributed by atoms with Crippen molar-refractivity contribution in [2.24, 2.45) is 0 Å². The lowest BCUT2D eigenvalue weighted by molar-refractivity contribution is -0.139. The predicted octanol–water partition coefficient (Wildman–Crippen LogP) is 7.36. The molecule has 0 spiro atoms. The van der Waals surface area contributed by atoms with Crippen molar-refractivity contribution in [3.63, 3.8) is 0 Å². The molecule has 174 valence electrons. The van der Waals surface area contributed by atoms with E-state index in [0.717, 1.165) is 38.6 Å². The fourth-order valence-corrected chi connectivity index (χ4v) is 5.00. The van der Waals surface area contributed by atoms with Gasteiger partial charge in [-0.3, -0.25) is 0 Å². The molecule has 5 nitrogen and oxygen atoms in total. The van der Waals surface area contributed by atoms with Crippen LogP contribution in [0.5, 0.6) is 5.75 Å². The molecule has 5 rings (SSSR count). The normalized spacial score (nSPS) is 10.9. The van der Waals surface area contributed by atoms with Gasteiger partial charge in [-0.15, -0.1) is 11.3 Å². The fraction of sp³-hybridized carbons (Fsp3) is 0.0714. The molecule has 0 amide bonds. The van der Waals surface area contributed by atoms with E-state index in [-0.39, 0.29) is 6.61 Å². The van der Waals surface area contributed by atoms with Crippen LogP contribution >= 0.6 is 22.9 Å². The average molecular weight is 501 g/mol. The lowest BCUT2D eigenvalue weighted by atomic mass is 9.97. The largest absolute Gasteiger partial charge is 0.482 e. The number of rotatable bonds is 7. The van der Waals surface area contributed by atoms with Crippen LogP contribution in [0, 0.1) is 6.92 Å². The maximum Gasteiger partial charge on any atom is 0.341 e. The molecule has 0 saturated carbocycles. The third-order valence-corrected chi connectivity index (χ3v) is 6.88. The highest BCUT2D eigenvalue weighted by molar-refractivity contribution is 7.13. The summed E-state index contributed by atoms with van der Waals surface area (Å²) in [7, 11) is 0. The van der Waals surface area contributed by atoms with E-state index in [2.05, 4.69) is 24.4 Å². The third-order valence-electron chi connectivity index (χ3n) is 5.59. The van der Waals surface area contributed by atoms with Crippen molar-refractivity contribution in [3.05, 3.63) is 101 Å². The highest BCUT2D eigenvalue weighted by Crippen LogP contribution is 2.38. The van der Waals surface area contributed by atoms with Crippen molar-refractivity contribution in [3.8, 4) is 44.4 Å². The molecule has 2 aromatic heterocycles. The van der Waals surface area contributed by atoms with Crippen LogP contribution in [0.3, 0.4) is 0 Å². The number of thiophene rings is 1. The highest BCUT2D eigenvalue weighted by Gasteiger charge is 2.18. The second-order valence-electron chi connectivity index (χ2n) is 7.99. The Labute approximate surface area is 211 Å². The predicted molar refractivity (Wildman–Crippen MR) is 141 cm³/mol. The van der Waals surface area contributed by atoms with Gasteiger partial charge < -0.3 is 9.84 Å². The molecule has 0 aliphatic carbocycles. The van der Waals surface area contributed by atoms with Crippen molar-refractivity contribution in [2.75, 3.05) is 6.61 Å². The van der Waals surface area contributed by atoms with Gasteiger partial charge in [0.2, 0.25) is 0 Å². The summed E-state index contributed by atoms with van der Waals surface area (Å²) in [6, 6.07) is 27.3. The first-order chi connectivity index (χ1) is 17.0. The van der Waals surface area contributed by atoms with Gasteiger partial charge in [0, 0.05) is 10.6 Å². The monoisotopic (exact) mass is 500 g/mol. The molecule has 7 heteroatoms. The van der Waals surface area contributed by atoms with Gasteiger partial charge in [0.05, 0.1) is 22.0 Å². The molecule has 0 aliphatic rings. The van der Waals surface area contributed by atoms with Crippen LogP contribution in [0.1, 0.15) is 5.56 Å². The molecule has 0 aliphatic heterocycles. The molecule has 5 aromatic rings. The SMILES string of the molecule is Cc1ccsc1-c1cc(-c2ccccc2-c2cccc(OCC(=O)O)c2)nn1-c1ccc(Cl)cc1. The van der Waals surface area contributed by atoms with E-state index in [9.17, 15) is 4.79 Å². The number of carboxylic acids is 1. The van der Waals surface area contributed by atoms with E-state index in [0.29, 0.717) is 10.8 Å². The molecule has 0 radical (unpaired) electrons. The molecule has 35 heavy (non-hydrogen) atoms. The van der Waals surface area contributed by atoms with Gasteiger partial charge >= 0.3 is 5.97 Å². The molecule has 1 N–H and O–H groups in total. The van der Waals surface area contributed by atoms with Crippen molar-refractivity contribution in [2.45, 2.75) is 6.92 Å². The Morgan fingerprint density at radius 1 is 1.00 bits per heavy atom. The second kappa shape index (κ2) is 9.78. The molecule has 0 unspecified atom stereocenters. The zero-order chi connectivity index (χ0) is 24.4. The molecule has 0 saturated heterocycles. The smallest absolute Gasteiger partial charge is 0.341 e. The lowest BCUT2D eigenvalue weighted by Crippen LogP contribution is -2.09. The molecular weight excluding hydrogens is 480 g/mol. The number of aliphatic carboxylic acids is 1. The van der Waals surface area contributed by atoms with Gasteiger partial charge in [0.25, 0.3) is 0 Å². The molecule has 0 fully saturated rings. The standard InChI is InChI=1S/C28H21ClN2O3S/c1-18-13-14-35-28(18)26-16-25(30-31(26)21-11-9-20(29)10-12-21)24-8-3-2-7-23(24)19-5-4-6-22(15-19)34-17-27(32)33/h2-16H,17H2,1H3,(H,32,33). The molecule has 3 aromatic carbocycles. The summed E-state index contributed by atoms with van der Waals surface area (Å²) < 4.78 is 7.35. The van der Waals surface area contributed by atoms with Crippen LogP contribution in [0.15, 0.2) is 90.3 Å². The zero-order valence-corrected chi connectivity index (χ0v) is 20.4. The minimum Gasteiger partial charge on any atom is -0.482 e. The summed E-state index contributed by atoms with van der Waals surface area (Å²) >= 11 is 7.82. The number of halogens is 1. The van der Waals surface area contributed by atoms with Gasteiger partial charge in [0.1, 0.15) is 5.75 Å².